The van der Waals surface area contributed by atoms with Gasteiger partial charge in [0.1, 0.15) is 18.0 Å². The molecule has 0 saturated carbocycles. The molecule has 98 valence electrons. The number of ether oxygens (including phenoxy) is 1. The van der Waals surface area contributed by atoms with Crippen molar-refractivity contribution >= 4 is 10.8 Å². The van der Waals surface area contributed by atoms with Gasteiger partial charge in [-0.05, 0) is 35.9 Å². The maximum Gasteiger partial charge on any atom is 0.130 e. The molecule has 0 aromatic heterocycles. The normalized spacial score (nSPS) is 21.2. The molecule has 1 atom stereocenters. The number of rotatable bonds is 2. The smallest absolute Gasteiger partial charge is 0.130 e. The molecular weight excluding hydrogens is 236 g/mol. The summed E-state index contributed by atoms with van der Waals surface area (Å²) in [6.07, 6.45) is 2.24. The van der Waals surface area contributed by atoms with Crippen molar-refractivity contribution in [2.45, 2.75) is 25.9 Å². The third kappa shape index (κ3) is 1.67. The highest BCUT2D eigenvalue weighted by Gasteiger charge is 2.36. The average molecular weight is 254 g/mol. The molecule has 3 rings (SSSR count). The van der Waals surface area contributed by atoms with E-state index < -0.39 is 5.60 Å². The predicted octanol–water partition coefficient (Wildman–Crippen LogP) is 3.61. The summed E-state index contributed by atoms with van der Waals surface area (Å²) in [6, 6.07) is 8.27. The molecule has 0 radical (unpaired) electrons. The largest absolute Gasteiger partial charge is 0.489 e. The zero-order valence-electron chi connectivity index (χ0n) is 11.4. The molecule has 19 heavy (non-hydrogen) atoms. The lowest BCUT2D eigenvalue weighted by Gasteiger charge is -2.34. The molecule has 1 aliphatic heterocycles. The summed E-state index contributed by atoms with van der Waals surface area (Å²) in [5.74, 6) is 0.907. The molecule has 0 amide bonds. The highest BCUT2D eigenvalue weighted by molar-refractivity contribution is 5.96. The minimum absolute atomic E-state index is 0.287. The molecule has 1 heterocycles. The number of aliphatic hydroxyl groups is 1. The van der Waals surface area contributed by atoms with Crippen molar-refractivity contribution in [3.63, 3.8) is 0 Å². The van der Waals surface area contributed by atoms with Crippen LogP contribution in [0.4, 0.5) is 0 Å². The fourth-order valence-corrected chi connectivity index (χ4v) is 2.92. The minimum atomic E-state index is -0.964. The lowest BCUT2D eigenvalue weighted by molar-refractivity contribution is -0.0109. The molecule has 2 aromatic rings. The second-order valence-electron chi connectivity index (χ2n) is 5.38. The zero-order chi connectivity index (χ0) is 13.6. The number of benzene rings is 2. The molecule has 1 aliphatic rings. The van der Waals surface area contributed by atoms with Gasteiger partial charge in [0.2, 0.25) is 0 Å². The van der Waals surface area contributed by atoms with Crippen LogP contribution in [0.1, 0.15) is 23.1 Å². The molecule has 0 aliphatic carbocycles. The average Bonchev–Trinajstić information content (AvgIpc) is 2.37. The first-order valence-corrected chi connectivity index (χ1v) is 6.56. The third-order valence-corrected chi connectivity index (χ3v) is 3.99. The molecule has 2 nitrogen and oxygen atoms in total. The van der Waals surface area contributed by atoms with Crippen LogP contribution in [0.5, 0.6) is 5.75 Å². The van der Waals surface area contributed by atoms with Gasteiger partial charge >= 0.3 is 0 Å². The van der Waals surface area contributed by atoms with Crippen LogP contribution in [0.25, 0.3) is 10.8 Å². The van der Waals surface area contributed by atoms with Gasteiger partial charge in [0.25, 0.3) is 0 Å². The van der Waals surface area contributed by atoms with Crippen LogP contribution in [-0.4, -0.2) is 11.7 Å². The van der Waals surface area contributed by atoms with E-state index in [-0.39, 0.29) is 6.61 Å². The monoisotopic (exact) mass is 254 g/mol. The number of aryl methyl sites for hydroxylation is 2. The molecular formula is C17H18O2. The summed E-state index contributed by atoms with van der Waals surface area (Å²) in [4.78, 5) is 0. The molecule has 0 saturated heterocycles. The molecule has 1 N–H and O–H groups in total. The van der Waals surface area contributed by atoms with E-state index in [9.17, 15) is 5.11 Å². The number of hydrogen-bond acceptors (Lipinski definition) is 2. The van der Waals surface area contributed by atoms with Gasteiger partial charge in [-0.1, -0.05) is 30.3 Å². The van der Waals surface area contributed by atoms with E-state index in [4.69, 9.17) is 4.74 Å². The van der Waals surface area contributed by atoms with Crippen LogP contribution in [0, 0.1) is 13.8 Å². The Balaban J connectivity index is 2.40. The fraction of sp³-hybridized carbons (Fsp3) is 0.294. The molecule has 0 fully saturated rings. The van der Waals surface area contributed by atoms with E-state index in [1.54, 1.807) is 6.08 Å². The highest BCUT2D eigenvalue weighted by Crippen LogP contribution is 2.43. The fourth-order valence-electron chi connectivity index (χ4n) is 2.92. The zero-order valence-corrected chi connectivity index (χ0v) is 11.4. The second-order valence-corrected chi connectivity index (χ2v) is 5.38. The molecule has 2 aromatic carbocycles. The summed E-state index contributed by atoms with van der Waals surface area (Å²) in [5.41, 5.74) is 2.30. The van der Waals surface area contributed by atoms with E-state index in [2.05, 4.69) is 31.7 Å². The van der Waals surface area contributed by atoms with Crippen molar-refractivity contribution in [2.75, 3.05) is 6.61 Å². The molecule has 0 spiro atoms. The van der Waals surface area contributed by atoms with Crippen molar-refractivity contribution in [2.24, 2.45) is 0 Å². The minimum Gasteiger partial charge on any atom is -0.489 e. The third-order valence-electron chi connectivity index (χ3n) is 3.99. The Kier molecular flexibility index (Phi) is 2.64. The topological polar surface area (TPSA) is 29.5 Å². The number of hydrogen-bond donors (Lipinski definition) is 1. The molecule has 1 unspecified atom stereocenters. The van der Waals surface area contributed by atoms with Crippen molar-refractivity contribution < 1.29 is 9.84 Å². The summed E-state index contributed by atoms with van der Waals surface area (Å²) < 4.78 is 5.85. The summed E-state index contributed by atoms with van der Waals surface area (Å²) in [5, 5.41) is 13.0. The van der Waals surface area contributed by atoms with Crippen molar-refractivity contribution in [3.05, 3.63) is 53.6 Å². The Labute approximate surface area is 113 Å². The van der Waals surface area contributed by atoms with E-state index in [0.29, 0.717) is 6.42 Å². The Hall–Kier alpha value is -1.80. The van der Waals surface area contributed by atoms with Gasteiger partial charge in [0.05, 0.1) is 0 Å². The van der Waals surface area contributed by atoms with E-state index in [1.165, 1.54) is 5.56 Å². The van der Waals surface area contributed by atoms with Crippen LogP contribution >= 0.6 is 0 Å². The van der Waals surface area contributed by atoms with E-state index in [1.807, 2.05) is 13.0 Å². The maximum absolute atomic E-state index is 10.8. The lowest BCUT2D eigenvalue weighted by atomic mass is 9.83. The van der Waals surface area contributed by atoms with Crippen LogP contribution in [0.2, 0.25) is 0 Å². The first kappa shape index (κ1) is 12.2. The Morgan fingerprint density at radius 1 is 1.26 bits per heavy atom. The maximum atomic E-state index is 10.8. The Morgan fingerprint density at radius 3 is 2.74 bits per heavy atom. The Morgan fingerprint density at radius 2 is 2.00 bits per heavy atom. The summed E-state index contributed by atoms with van der Waals surface area (Å²) >= 11 is 0. The molecule has 0 bridgehead atoms. The van der Waals surface area contributed by atoms with Crippen molar-refractivity contribution in [1.29, 1.82) is 0 Å². The van der Waals surface area contributed by atoms with Gasteiger partial charge in [-0.3, -0.25) is 0 Å². The van der Waals surface area contributed by atoms with Crippen molar-refractivity contribution in [3.8, 4) is 5.75 Å². The van der Waals surface area contributed by atoms with Gasteiger partial charge in [-0.15, -0.1) is 6.58 Å². The van der Waals surface area contributed by atoms with E-state index in [0.717, 1.165) is 27.6 Å². The molecule has 2 heteroatoms. The summed E-state index contributed by atoms with van der Waals surface area (Å²) in [6.45, 7) is 8.15. The first-order valence-electron chi connectivity index (χ1n) is 6.56. The predicted molar refractivity (Wildman–Crippen MR) is 77.6 cm³/mol. The van der Waals surface area contributed by atoms with E-state index >= 15 is 0 Å². The second kappa shape index (κ2) is 4.10. The van der Waals surface area contributed by atoms with Crippen LogP contribution < -0.4 is 4.74 Å². The van der Waals surface area contributed by atoms with Gasteiger partial charge in [-0.2, -0.15) is 0 Å². The van der Waals surface area contributed by atoms with Crippen LogP contribution in [0.3, 0.4) is 0 Å². The van der Waals surface area contributed by atoms with Gasteiger partial charge in [-0.25, -0.2) is 0 Å². The Bertz CT molecular complexity index is 673. The summed E-state index contributed by atoms with van der Waals surface area (Å²) in [7, 11) is 0. The van der Waals surface area contributed by atoms with Crippen LogP contribution in [-0.2, 0) is 5.60 Å². The van der Waals surface area contributed by atoms with Gasteiger partial charge in [0, 0.05) is 11.8 Å². The van der Waals surface area contributed by atoms with Gasteiger partial charge in [0.15, 0.2) is 0 Å². The van der Waals surface area contributed by atoms with Gasteiger partial charge < -0.3 is 9.84 Å². The van der Waals surface area contributed by atoms with Crippen molar-refractivity contribution in [1.82, 2.24) is 0 Å². The SMILES string of the molecule is C=CCC1(O)COc2c(C)ccc3c(C)ccc1c23. The quantitative estimate of drug-likeness (QED) is 0.829. The standard InChI is InChI=1S/C17H18O2/c1-4-9-17(18)10-19-16-12(3)5-7-13-11(2)6-8-14(17)15(13)16/h4-8,18H,1,9-10H2,2-3H3. The highest BCUT2D eigenvalue weighted by atomic mass is 16.5. The first-order chi connectivity index (χ1) is 9.07. The lowest BCUT2D eigenvalue weighted by Crippen LogP contribution is -2.35. The van der Waals surface area contributed by atoms with Crippen LogP contribution in [0.15, 0.2) is 36.9 Å².